The highest BCUT2D eigenvalue weighted by Crippen LogP contribution is 2.48. The van der Waals surface area contributed by atoms with Crippen LogP contribution in [0.25, 0.3) is 0 Å². The molecule has 2 aromatic carbocycles. The van der Waals surface area contributed by atoms with Crippen LogP contribution in [0.3, 0.4) is 0 Å². The summed E-state index contributed by atoms with van der Waals surface area (Å²) in [5, 5.41) is 4.24. The van der Waals surface area contributed by atoms with Gasteiger partial charge >= 0.3 is 0 Å². The second-order valence-electron chi connectivity index (χ2n) is 6.66. The zero-order chi connectivity index (χ0) is 19.3. The number of rotatable bonds is 3. The van der Waals surface area contributed by atoms with Gasteiger partial charge in [0.05, 0.1) is 11.4 Å². The quantitative estimate of drug-likeness (QED) is 0.598. The Morgan fingerprint density at radius 3 is 2.29 bits per heavy atom. The fourth-order valence-corrected chi connectivity index (χ4v) is 4.79. The van der Waals surface area contributed by atoms with Gasteiger partial charge in [0.2, 0.25) is 5.91 Å². The fraction of sp³-hybridized carbons (Fsp3) is 0.143. The second-order valence-corrected chi connectivity index (χ2v) is 8.08. The van der Waals surface area contributed by atoms with E-state index in [1.807, 2.05) is 47.8 Å². The molecule has 2 amide bonds. The summed E-state index contributed by atoms with van der Waals surface area (Å²) in [7, 11) is 0. The number of hydrogen-bond donors (Lipinski definition) is 0. The van der Waals surface area contributed by atoms with E-state index in [-0.39, 0.29) is 17.9 Å². The molecular formula is C21H15ClN2O3S. The predicted molar refractivity (Wildman–Crippen MR) is 108 cm³/mol. The number of anilines is 2. The molecule has 0 radical (unpaired) electrons. The van der Waals surface area contributed by atoms with Crippen LogP contribution in [0.5, 0.6) is 0 Å². The summed E-state index contributed by atoms with van der Waals surface area (Å²) in [4.78, 5) is 34.7. The van der Waals surface area contributed by atoms with E-state index in [0.717, 1.165) is 10.6 Å². The SMILES string of the molecule is O=C1[C@@H]2[C@@H](ON(c3ccc(Cl)cc3)[C@H]2c2cccs2)C(=O)N1c1ccccc1. The molecule has 0 aliphatic carbocycles. The maximum Gasteiger partial charge on any atom is 0.266 e. The molecule has 2 fully saturated rings. The number of para-hydroxylation sites is 1. The van der Waals surface area contributed by atoms with Gasteiger partial charge in [-0.25, -0.2) is 9.96 Å². The highest BCUT2D eigenvalue weighted by Gasteiger charge is 2.60. The molecule has 0 saturated carbocycles. The maximum absolute atomic E-state index is 13.3. The van der Waals surface area contributed by atoms with Crippen molar-refractivity contribution in [3.8, 4) is 0 Å². The normalized spacial score (nSPS) is 24.1. The van der Waals surface area contributed by atoms with Crippen molar-refractivity contribution in [3.05, 3.63) is 82.0 Å². The molecule has 3 atom stereocenters. The van der Waals surface area contributed by atoms with Crippen molar-refractivity contribution in [2.24, 2.45) is 5.92 Å². The number of fused-ring (bicyclic) bond motifs is 1. The van der Waals surface area contributed by atoms with E-state index in [1.54, 1.807) is 40.7 Å². The lowest BCUT2D eigenvalue weighted by atomic mass is 9.95. The second kappa shape index (κ2) is 6.74. The number of benzene rings is 2. The Morgan fingerprint density at radius 2 is 1.61 bits per heavy atom. The molecule has 5 rings (SSSR count). The Labute approximate surface area is 170 Å². The molecular weight excluding hydrogens is 396 g/mol. The van der Waals surface area contributed by atoms with Gasteiger partial charge in [0, 0.05) is 9.90 Å². The van der Waals surface area contributed by atoms with Gasteiger partial charge in [-0.3, -0.25) is 14.4 Å². The third-order valence-corrected chi connectivity index (χ3v) is 6.24. The van der Waals surface area contributed by atoms with Gasteiger partial charge in [0.25, 0.3) is 5.91 Å². The van der Waals surface area contributed by atoms with E-state index in [1.165, 1.54) is 4.90 Å². The number of thiophene rings is 1. The molecule has 140 valence electrons. The van der Waals surface area contributed by atoms with Gasteiger partial charge in [0.1, 0.15) is 12.0 Å². The molecule has 5 nitrogen and oxygen atoms in total. The van der Waals surface area contributed by atoms with Crippen LogP contribution in [0.1, 0.15) is 10.9 Å². The van der Waals surface area contributed by atoms with Crippen molar-refractivity contribution in [3.63, 3.8) is 0 Å². The van der Waals surface area contributed by atoms with E-state index in [9.17, 15) is 9.59 Å². The Hall–Kier alpha value is -2.67. The largest absolute Gasteiger partial charge is 0.273 e. The number of carbonyl (C=O) groups excluding carboxylic acids is 2. The molecule has 2 aliphatic heterocycles. The Kier molecular flexibility index (Phi) is 4.19. The Bertz CT molecular complexity index is 1020. The topological polar surface area (TPSA) is 49.9 Å². The molecule has 3 heterocycles. The summed E-state index contributed by atoms with van der Waals surface area (Å²) < 4.78 is 0. The first-order valence-electron chi connectivity index (χ1n) is 8.83. The fourth-order valence-electron chi connectivity index (χ4n) is 3.81. The minimum absolute atomic E-state index is 0.240. The van der Waals surface area contributed by atoms with Crippen molar-refractivity contribution in [1.82, 2.24) is 0 Å². The average Bonchev–Trinajstić information content (AvgIpc) is 3.41. The summed E-state index contributed by atoms with van der Waals surface area (Å²) >= 11 is 7.55. The third-order valence-electron chi connectivity index (χ3n) is 5.05. The standard InChI is InChI=1S/C21H15ClN2O3S/c22-13-8-10-15(11-9-13)24-18(16-7-4-12-28-16)17-19(27-24)21(26)23(20(17)25)14-5-2-1-3-6-14/h1-12,17-19H/t17-,18-,19+/m0/s1. The number of nitrogens with zero attached hydrogens (tertiary/aromatic N) is 2. The van der Waals surface area contributed by atoms with Crippen molar-refractivity contribution < 1.29 is 14.4 Å². The van der Waals surface area contributed by atoms with Crippen LogP contribution in [0, 0.1) is 5.92 Å². The predicted octanol–water partition coefficient (Wildman–Crippen LogP) is 4.45. The van der Waals surface area contributed by atoms with E-state index in [4.69, 9.17) is 16.4 Å². The molecule has 1 aromatic heterocycles. The Balaban J connectivity index is 1.57. The van der Waals surface area contributed by atoms with Crippen molar-refractivity contribution in [1.29, 1.82) is 0 Å². The smallest absolute Gasteiger partial charge is 0.266 e. The van der Waals surface area contributed by atoms with Gasteiger partial charge in [0.15, 0.2) is 6.10 Å². The summed E-state index contributed by atoms with van der Waals surface area (Å²) in [5.41, 5.74) is 1.32. The molecule has 0 spiro atoms. The molecule has 3 aromatic rings. The third kappa shape index (κ3) is 2.64. The lowest BCUT2D eigenvalue weighted by Crippen LogP contribution is -2.37. The maximum atomic E-state index is 13.3. The minimum Gasteiger partial charge on any atom is -0.273 e. The summed E-state index contributed by atoms with van der Waals surface area (Å²) in [6.07, 6.45) is -0.851. The average molecular weight is 411 g/mol. The van der Waals surface area contributed by atoms with Crippen LogP contribution in [-0.4, -0.2) is 17.9 Å². The van der Waals surface area contributed by atoms with Crippen molar-refractivity contribution >= 4 is 46.1 Å². The summed E-state index contributed by atoms with van der Waals surface area (Å²) in [5.74, 6) is -1.18. The first-order chi connectivity index (χ1) is 13.6. The number of imide groups is 1. The molecule has 7 heteroatoms. The van der Waals surface area contributed by atoms with Crippen LogP contribution in [0.4, 0.5) is 11.4 Å². The lowest BCUT2D eigenvalue weighted by Gasteiger charge is -2.27. The minimum atomic E-state index is -0.851. The molecule has 2 saturated heterocycles. The van der Waals surface area contributed by atoms with Gasteiger partial charge in [-0.2, -0.15) is 0 Å². The number of halogens is 1. The highest BCUT2D eigenvalue weighted by molar-refractivity contribution is 7.10. The van der Waals surface area contributed by atoms with Gasteiger partial charge < -0.3 is 0 Å². The van der Waals surface area contributed by atoms with Crippen LogP contribution < -0.4 is 9.96 Å². The monoisotopic (exact) mass is 410 g/mol. The number of hydrogen-bond acceptors (Lipinski definition) is 5. The van der Waals surface area contributed by atoms with Gasteiger partial charge in [-0.1, -0.05) is 35.9 Å². The lowest BCUT2D eigenvalue weighted by molar-refractivity contribution is -0.126. The Morgan fingerprint density at radius 1 is 0.857 bits per heavy atom. The van der Waals surface area contributed by atoms with Crippen molar-refractivity contribution in [2.45, 2.75) is 12.1 Å². The molecule has 0 bridgehead atoms. The summed E-state index contributed by atoms with van der Waals surface area (Å²) in [6, 6.07) is 19.7. The van der Waals surface area contributed by atoms with Crippen molar-refractivity contribution in [2.75, 3.05) is 9.96 Å². The molecule has 28 heavy (non-hydrogen) atoms. The first kappa shape index (κ1) is 17.4. The van der Waals surface area contributed by atoms with Gasteiger partial charge in [-0.15, -0.1) is 11.3 Å². The van der Waals surface area contributed by atoms with Crippen LogP contribution in [0.2, 0.25) is 5.02 Å². The number of hydroxylamine groups is 1. The van der Waals surface area contributed by atoms with Gasteiger partial charge in [-0.05, 0) is 47.8 Å². The zero-order valence-electron chi connectivity index (χ0n) is 14.6. The summed E-state index contributed by atoms with van der Waals surface area (Å²) in [6.45, 7) is 0. The number of carbonyl (C=O) groups is 2. The molecule has 0 unspecified atom stereocenters. The zero-order valence-corrected chi connectivity index (χ0v) is 16.1. The highest BCUT2D eigenvalue weighted by atomic mass is 35.5. The van der Waals surface area contributed by atoms with Crippen LogP contribution in [0.15, 0.2) is 72.1 Å². The van der Waals surface area contributed by atoms with Crippen LogP contribution >= 0.6 is 22.9 Å². The van der Waals surface area contributed by atoms with E-state index in [2.05, 4.69) is 0 Å². The first-order valence-corrected chi connectivity index (χ1v) is 10.1. The molecule has 0 N–H and O–H groups in total. The van der Waals surface area contributed by atoms with E-state index < -0.39 is 12.0 Å². The number of amides is 2. The molecule has 2 aliphatic rings. The van der Waals surface area contributed by atoms with Crippen LogP contribution in [-0.2, 0) is 14.4 Å². The van der Waals surface area contributed by atoms with E-state index >= 15 is 0 Å². The van der Waals surface area contributed by atoms with E-state index in [0.29, 0.717) is 10.7 Å².